The summed E-state index contributed by atoms with van der Waals surface area (Å²) in [6.45, 7) is 1.53. The van der Waals surface area contributed by atoms with E-state index in [-0.39, 0.29) is 23.2 Å². The van der Waals surface area contributed by atoms with Crippen LogP contribution < -0.4 is 11.5 Å². The standard InChI is InChI=1S/C14H21N3O3S/c1-10-6-7-13(12(15)8-10)21(19,20)17(9-14(16)18)11-4-2-3-5-11/h6-8,11H,2-5,9,15H2,1H3,(H2,16,18). The summed E-state index contributed by atoms with van der Waals surface area (Å²) in [5, 5.41) is 0. The van der Waals surface area contributed by atoms with Crippen molar-refractivity contribution in [1.29, 1.82) is 0 Å². The molecule has 6 nitrogen and oxygen atoms in total. The Hall–Kier alpha value is -1.60. The van der Waals surface area contributed by atoms with E-state index >= 15 is 0 Å². The summed E-state index contributed by atoms with van der Waals surface area (Å²) in [5.41, 5.74) is 12.2. The molecular formula is C14H21N3O3S. The number of sulfonamides is 1. The number of hydrogen-bond donors (Lipinski definition) is 2. The molecule has 0 spiro atoms. The van der Waals surface area contributed by atoms with Crippen molar-refractivity contribution < 1.29 is 13.2 Å². The normalized spacial score (nSPS) is 16.5. The second-order valence-electron chi connectivity index (χ2n) is 5.50. The number of primary amides is 1. The highest BCUT2D eigenvalue weighted by Gasteiger charge is 2.35. The summed E-state index contributed by atoms with van der Waals surface area (Å²) >= 11 is 0. The molecule has 1 saturated carbocycles. The molecular weight excluding hydrogens is 290 g/mol. The maximum atomic E-state index is 12.8. The fraction of sp³-hybridized carbons (Fsp3) is 0.500. The van der Waals surface area contributed by atoms with Crippen molar-refractivity contribution in [3.05, 3.63) is 23.8 Å². The van der Waals surface area contributed by atoms with E-state index in [2.05, 4.69) is 0 Å². The number of carbonyl (C=O) groups excluding carboxylic acids is 1. The molecule has 0 saturated heterocycles. The lowest BCUT2D eigenvalue weighted by molar-refractivity contribution is -0.118. The smallest absolute Gasteiger partial charge is 0.245 e. The maximum absolute atomic E-state index is 12.8. The Bertz CT molecular complexity index is 637. The Balaban J connectivity index is 2.43. The molecule has 1 aliphatic carbocycles. The first-order chi connectivity index (χ1) is 9.82. The van der Waals surface area contributed by atoms with Gasteiger partial charge < -0.3 is 11.5 Å². The van der Waals surface area contributed by atoms with Crippen LogP contribution in [0.1, 0.15) is 31.2 Å². The number of nitrogens with two attached hydrogens (primary N) is 2. The van der Waals surface area contributed by atoms with Crippen molar-refractivity contribution in [2.24, 2.45) is 5.73 Å². The van der Waals surface area contributed by atoms with Crippen molar-refractivity contribution in [3.8, 4) is 0 Å². The minimum Gasteiger partial charge on any atom is -0.398 e. The number of aryl methyl sites for hydroxylation is 1. The molecule has 0 aliphatic heterocycles. The number of rotatable bonds is 5. The highest BCUT2D eigenvalue weighted by atomic mass is 32.2. The zero-order chi connectivity index (χ0) is 15.6. The third-order valence-electron chi connectivity index (χ3n) is 3.80. The van der Waals surface area contributed by atoms with Gasteiger partial charge in [-0.1, -0.05) is 18.9 Å². The zero-order valence-corrected chi connectivity index (χ0v) is 12.9. The molecule has 116 valence electrons. The van der Waals surface area contributed by atoms with Gasteiger partial charge in [-0.2, -0.15) is 4.31 Å². The van der Waals surface area contributed by atoms with Crippen LogP contribution in [0.25, 0.3) is 0 Å². The van der Waals surface area contributed by atoms with Crippen molar-refractivity contribution >= 4 is 21.6 Å². The van der Waals surface area contributed by atoms with Gasteiger partial charge in [0.2, 0.25) is 15.9 Å². The number of nitrogens with zero attached hydrogens (tertiary/aromatic N) is 1. The first-order valence-corrected chi connectivity index (χ1v) is 8.42. The van der Waals surface area contributed by atoms with Gasteiger partial charge in [0.05, 0.1) is 12.2 Å². The molecule has 7 heteroatoms. The van der Waals surface area contributed by atoms with Gasteiger partial charge in [-0.25, -0.2) is 8.42 Å². The van der Waals surface area contributed by atoms with Crippen LogP contribution >= 0.6 is 0 Å². The minimum atomic E-state index is -3.82. The average Bonchev–Trinajstić information content (AvgIpc) is 2.88. The van der Waals surface area contributed by atoms with Gasteiger partial charge in [0.1, 0.15) is 4.90 Å². The number of hydrogen-bond acceptors (Lipinski definition) is 4. The highest BCUT2D eigenvalue weighted by molar-refractivity contribution is 7.89. The number of amides is 1. The number of anilines is 1. The van der Waals surface area contributed by atoms with Crippen molar-refractivity contribution in [1.82, 2.24) is 4.31 Å². The molecule has 1 aliphatic rings. The first kappa shape index (κ1) is 15.8. The molecule has 1 fully saturated rings. The zero-order valence-electron chi connectivity index (χ0n) is 12.1. The Morgan fingerprint density at radius 1 is 1.33 bits per heavy atom. The van der Waals surface area contributed by atoms with Crippen LogP contribution in [0.3, 0.4) is 0 Å². The van der Waals surface area contributed by atoms with Gasteiger partial charge in [-0.3, -0.25) is 4.79 Å². The van der Waals surface area contributed by atoms with E-state index < -0.39 is 15.9 Å². The van der Waals surface area contributed by atoms with E-state index in [1.165, 1.54) is 10.4 Å². The van der Waals surface area contributed by atoms with Crippen LogP contribution in [0, 0.1) is 6.92 Å². The Labute approximate surface area is 125 Å². The molecule has 2 rings (SSSR count). The van der Waals surface area contributed by atoms with Crippen LogP contribution in [-0.2, 0) is 14.8 Å². The summed E-state index contributed by atoms with van der Waals surface area (Å²) in [5.74, 6) is -0.656. The maximum Gasteiger partial charge on any atom is 0.245 e. The Kier molecular flexibility index (Phi) is 4.53. The average molecular weight is 311 g/mol. The summed E-state index contributed by atoms with van der Waals surface area (Å²) in [6, 6.07) is 4.62. The summed E-state index contributed by atoms with van der Waals surface area (Å²) < 4.78 is 26.9. The molecule has 0 atom stereocenters. The van der Waals surface area contributed by atoms with Crippen LogP contribution in [0.5, 0.6) is 0 Å². The Morgan fingerprint density at radius 2 is 1.95 bits per heavy atom. The topological polar surface area (TPSA) is 106 Å². The van der Waals surface area contributed by atoms with Gasteiger partial charge in [-0.05, 0) is 37.5 Å². The van der Waals surface area contributed by atoms with Gasteiger partial charge >= 0.3 is 0 Å². The predicted octanol–water partition coefficient (Wildman–Crippen LogP) is 0.996. The van der Waals surface area contributed by atoms with E-state index in [0.717, 1.165) is 31.2 Å². The van der Waals surface area contributed by atoms with Crippen LogP contribution in [0.15, 0.2) is 23.1 Å². The predicted molar refractivity (Wildman–Crippen MR) is 80.9 cm³/mol. The van der Waals surface area contributed by atoms with Gasteiger partial charge in [0.25, 0.3) is 0 Å². The van der Waals surface area contributed by atoms with Crippen LogP contribution in [0.2, 0.25) is 0 Å². The summed E-state index contributed by atoms with van der Waals surface area (Å²) in [4.78, 5) is 11.3. The van der Waals surface area contributed by atoms with E-state index in [1.807, 2.05) is 6.92 Å². The quantitative estimate of drug-likeness (QED) is 0.791. The molecule has 4 N–H and O–H groups in total. The van der Waals surface area contributed by atoms with E-state index in [4.69, 9.17) is 11.5 Å². The second kappa shape index (κ2) is 6.03. The summed E-state index contributed by atoms with van der Waals surface area (Å²) in [7, 11) is -3.82. The fourth-order valence-corrected chi connectivity index (χ4v) is 4.54. The van der Waals surface area contributed by atoms with Crippen molar-refractivity contribution in [2.45, 2.75) is 43.5 Å². The third-order valence-corrected chi connectivity index (χ3v) is 5.77. The molecule has 0 aromatic heterocycles. The molecule has 1 amide bonds. The van der Waals surface area contributed by atoms with E-state index in [0.29, 0.717) is 0 Å². The number of benzene rings is 1. The lowest BCUT2D eigenvalue weighted by Gasteiger charge is -2.27. The molecule has 1 aromatic rings. The van der Waals surface area contributed by atoms with Crippen molar-refractivity contribution in [3.63, 3.8) is 0 Å². The van der Waals surface area contributed by atoms with E-state index in [9.17, 15) is 13.2 Å². The van der Waals surface area contributed by atoms with Gasteiger partial charge in [0, 0.05) is 6.04 Å². The second-order valence-corrected chi connectivity index (χ2v) is 7.36. The molecule has 1 aromatic carbocycles. The lowest BCUT2D eigenvalue weighted by Crippen LogP contribution is -2.44. The van der Waals surface area contributed by atoms with E-state index in [1.54, 1.807) is 12.1 Å². The van der Waals surface area contributed by atoms with Gasteiger partial charge in [0.15, 0.2) is 0 Å². The minimum absolute atomic E-state index is 0.0428. The molecule has 0 radical (unpaired) electrons. The summed E-state index contributed by atoms with van der Waals surface area (Å²) in [6.07, 6.45) is 3.41. The molecule has 0 heterocycles. The van der Waals surface area contributed by atoms with Gasteiger partial charge in [-0.15, -0.1) is 0 Å². The number of nitrogen functional groups attached to an aromatic ring is 1. The van der Waals surface area contributed by atoms with Crippen molar-refractivity contribution in [2.75, 3.05) is 12.3 Å². The first-order valence-electron chi connectivity index (χ1n) is 6.98. The van der Waals surface area contributed by atoms with Crippen LogP contribution in [-0.4, -0.2) is 31.2 Å². The number of carbonyl (C=O) groups is 1. The van der Waals surface area contributed by atoms with Crippen LogP contribution in [0.4, 0.5) is 5.69 Å². The lowest BCUT2D eigenvalue weighted by atomic mass is 10.2. The largest absolute Gasteiger partial charge is 0.398 e. The fourth-order valence-electron chi connectivity index (χ4n) is 2.79. The molecule has 0 unspecified atom stereocenters. The third kappa shape index (κ3) is 3.36. The molecule has 0 bridgehead atoms. The highest BCUT2D eigenvalue weighted by Crippen LogP contribution is 2.30. The Morgan fingerprint density at radius 3 is 2.48 bits per heavy atom. The SMILES string of the molecule is Cc1ccc(S(=O)(=O)N(CC(N)=O)C2CCCC2)c(N)c1. The monoisotopic (exact) mass is 311 g/mol. The molecule has 21 heavy (non-hydrogen) atoms.